The van der Waals surface area contributed by atoms with Crippen molar-refractivity contribution in [3.8, 4) is 0 Å². The summed E-state index contributed by atoms with van der Waals surface area (Å²) in [4.78, 5) is 22.3. The fourth-order valence-corrected chi connectivity index (χ4v) is 2.39. The van der Waals surface area contributed by atoms with Gasteiger partial charge in [-0.1, -0.05) is 64.9 Å². The minimum absolute atomic E-state index is 0.206. The quantitative estimate of drug-likeness (QED) is 0.319. The zero-order valence-electron chi connectivity index (χ0n) is 14.5. The molecule has 1 N–H and O–H groups in total. The van der Waals surface area contributed by atoms with Crippen molar-refractivity contribution in [2.24, 2.45) is 5.92 Å². The highest BCUT2D eigenvalue weighted by Crippen LogP contribution is 2.11. The van der Waals surface area contributed by atoms with Crippen molar-refractivity contribution in [1.82, 2.24) is 0 Å². The van der Waals surface area contributed by atoms with Gasteiger partial charge in [0, 0.05) is 6.42 Å². The van der Waals surface area contributed by atoms with Crippen molar-refractivity contribution in [2.45, 2.75) is 90.9 Å². The molecule has 0 saturated heterocycles. The molecule has 0 aromatic rings. The van der Waals surface area contributed by atoms with E-state index >= 15 is 0 Å². The van der Waals surface area contributed by atoms with Gasteiger partial charge in [0.1, 0.15) is 0 Å². The van der Waals surface area contributed by atoms with Crippen LogP contribution in [0.1, 0.15) is 90.9 Å². The first kappa shape index (κ1) is 20.9. The Hall–Kier alpha value is -1.12. The fourth-order valence-electron chi connectivity index (χ4n) is 2.39. The summed E-state index contributed by atoms with van der Waals surface area (Å²) in [6, 6.07) is 0. The first-order chi connectivity index (χ1) is 10.6. The van der Waals surface area contributed by atoms with Gasteiger partial charge in [0.25, 0.3) is 0 Å². The molecule has 0 aliphatic carbocycles. The first-order valence-electron chi connectivity index (χ1n) is 9.00. The Balaban J connectivity index is 3.41. The molecule has 1 unspecified atom stereocenters. The summed E-state index contributed by atoms with van der Waals surface area (Å²) in [6.07, 6.45) is 16.4. The molecule has 0 aliphatic heterocycles. The fraction of sp³-hybridized carbons (Fsp3) is 0.789. The van der Waals surface area contributed by atoms with Crippen molar-refractivity contribution < 1.29 is 14.7 Å². The highest BCUT2D eigenvalue weighted by molar-refractivity contribution is 5.89. The Morgan fingerprint density at radius 3 is 2.27 bits per heavy atom. The molecular formula is C19H34O3. The Morgan fingerprint density at radius 1 is 0.955 bits per heavy atom. The lowest BCUT2D eigenvalue weighted by molar-refractivity contribution is -0.141. The third-order valence-corrected chi connectivity index (χ3v) is 4.01. The van der Waals surface area contributed by atoms with Crippen molar-refractivity contribution in [3.63, 3.8) is 0 Å². The van der Waals surface area contributed by atoms with Crippen LogP contribution in [0, 0.1) is 5.92 Å². The topological polar surface area (TPSA) is 54.4 Å². The molecule has 22 heavy (non-hydrogen) atoms. The second-order valence-corrected chi connectivity index (χ2v) is 6.26. The van der Waals surface area contributed by atoms with Crippen LogP contribution >= 0.6 is 0 Å². The largest absolute Gasteiger partial charge is 0.481 e. The molecule has 0 aliphatic rings. The molecule has 3 heteroatoms. The standard InChI is InChI=1S/C19H34O3/c1-3-4-5-6-7-8-9-12-15-18(20)16-13-10-11-14-17(2)19(21)22/h12,15,17H,3-11,13-14,16H2,1-2H3,(H,21,22). The Labute approximate surface area is 136 Å². The first-order valence-corrected chi connectivity index (χ1v) is 9.00. The molecule has 0 heterocycles. The average molecular weight is 310 g/mol. The maximum Gasteiger partial charge on any atom is 0.306 e. The number of aliphatic carboxylic acids is 1. The molecule has 0 aromatic heterocycles. The van der Waals surface area contributed by atoms with Crippen LogP contribution in [0.15, 0.2) is 12.2 Å². The number of carbonyl (C=O) groups excluding carboxylic acids is 1. The van der Waals surface area contributed by atoms with Crippen LogP contribution in [-0.4, -0.2) is 16.9 Å². The van der Waals surface area contributed by atoms with E-state index in [0.29, 0.717) is 12.8 Å². The van der Waals surface area contributed by atoms with Crippen LogP contribution in [0.3, 0.4) is 0 Å². The molecule has 0 rings (SSSR count). The number of hydrogen-bond donors (Lipinski definition) is 1. The molecule has 128 valence electrons. The second-order valence-electron chi connectivity index (χ2n) is 6.26. The third-order valence-electron chi connectivity index (χ3n) is 4.01. The minimum Gasteiger partial charge on any atom is -0.481 e. The van der Waals surface area contributed by atoms with Crippen molar-refractivity contribution >= 4 is 11.8 Å². The lowest BCUT2D eigenvalue weighted by Crippen LogP contribution is -2.08. The normalized spacial score (nSPS) is 12.6. The van der Waals surface area contributed by atoms with E-state index in [9.17, 15) is 9.59 Å². The SMILES string of the molecule is CCCCCCCCC=CC(=O)CCCCCC(C)C(=O)O. The minimum atomic E-state index is -0.728. The zero-order chi connectivity index (χ0) is 16.6. The number of carbonyl (C=O) groups is 2. The summed E-state index contributed by atoms with van der Waals surface area (Å²) in [5.41, 5.74) is 0. The van der Waals surface area contributed by atoms with E-state index in [1.807, 2.05) is 6.08 Å². The number of unbranched alkanes of at least 4 members (excludes halogenated alkanes) is 8. The van der Waals surface area contributed by atoms with Gasteiger partial charge in [-0.2, -0.15) is 0 Å². The number of hydrogen-bond acceptors (Lipinski definition) is 2. The smallest absolute Gasteiger partial charge is 0.306 e. The maximum atomic E-state index is 11.6. The lowest BCUT2D eigenvalue weighted by Gasteiger charge is -2.04. The van der Waals surface area contributed by atoms with E-state index in [0.717, 1.165) is 25.7 Å². The number of ketones is 1. The number of rotatable bonds is 15. The molecule has 0 bridgehead atoms. The van der Waals surface area contributed by atoms with E-state index in [1.54, 1.807) is 13.0 Å². The molecular weight excluding hydrogens is 276 g/mol. The molecule has 1 atom stereocenters. The maximum absolute atomic E-state index is 11.6. The molecule has 0 radical (unpaired) electrons. The molecule has 0 amide bonds. The van der Waals surface area contributed by atoms with E-state index in [1.165, 1.54) is 38.5 Å². The summed E-state index contributed by atoms with van der Waals surface area (Å²) in [5, 5.41) is 8.76. The van der Waals surface area contributed by atoms with Gasteiger partial charge in [0.2, 0.25) is 0 Å². The van der Waals surface area contributed by atoms with E-state index in [2.05, 4.69) is 6.92 Å². The van der Waals surface area contributed by atoms with Gasteiger partial charge in [0.05, 0.1) is 5.92 Å². The highest BCUT2D eigenvalue weighted by Gasteiger charge is 2.09. The molecule has 0 spiro atoms. The predicted molar refractivity (Wildman–Crippen MR) is 92.0 cm³/mol. The van der Waals surface area contributed by atoms with Gasteiger partial charge in [-0.15, -0.1) is 0 Å². The molecule has 0 fully saturated rings. The predicted octanol–water partition coefficient (Wildman–Crippen LogP) is 5.53. The Morgan fingerprint density at radius 2 is 1.59 bits per heavy atom. The van der Waals surface area contributed by atoms with E-state index in [4.69, 9.17) is 5.11 Å². The van der Waals surface area contributed by atoms with Gasteiger partial charge in [0.15, 0.2) is 5.78 Å². The van der Waals surface area contributed by atoms with Gasteiger partial charge in [-0.05, 0) is 31.8 Å². The lowest BCUT2D eigenvalue weighted by atomic mass is 10.0. The number of carboxylic acid groups (broad SMARTS) is 1. The monoisotopic (exact) mass is 310 g/mol. The summed E-state index contributed by atoms with van der Waals surface area (Å²) in [7, 11) is 0. The van der Waals surface area contributed by atoms with E-state index < -0.39 is 5.97 Å². The second kappa shape index (κ2) is 14.8. The molecule has 3 nitrogen and oxygen atoms in total. The summed E-state index contributed by atoms with van der Waals surface area (Å²) < 4.78 is 0. The van der Waals surface area contributed by atoms with E-state index in [-0.39, 0.29) is 11.7 Å². The summed E-state index contributed by atoms with van der Waals surface area (Å²) in [5.74, 6) is -0.793. The van der Waals surface area contributed by atoms with Crippen molar-refractivity contribution in [3.05, 3.63) is 12.2 Å². The summed E-state index contributed by atoms with van der Waals surface area (Å²) >= 11 is 0. The van der Waals surface area contributed by atoms with Crippen LogP contribution < -0.4 is 0 Å². The van der Waals surface area contributed by atoms with Crippen LogP contribution in [0.2, 0.25) is 0 Å². The number of allylic oxidation sites excluding steroid dienone is 2. The van der Waals surface area contributed by atoms with Crippen LogP contribution in [0.4, 0.5) is 0 Å². The van der Waals surface area contributed by atoms with Crippen LogP contribution in [0.5, 0.6) is 0 Å². The number of carboxylic acids is 1. The highest BCUT2D eigenvalue weighted by atomic mass is 16.4. The van der Waals surface area contributed by atoms with Gasteiger partial charge >= 0.3 is 5.97 Å². The Bertz CT molecular complexity index is 321. The van der Waals surface area contributed by atoms with Crippen LogP contribution in [0.25, 0.3) is 0 Å². The van der Waals surface area contributed by atoms with Gasteiger partial charge < -0.3 is 5.11 Å². The average Bonchev–Trinajstić information content (AvgIpc) is 2.49. The Kier molecular flexibility index (Phi) is 14.0. The van der Waals surface area contributed by atoms with Crippen molar-refractivity contribution in [2.75, 3.05) is 0 Å². The van der Waals surface area contributed by atoms with Crippen molar-refractivity contribution in [1.29, 1.82) is 0 Å². The zero-order valence-corrected chi connectivity index (χ0v) is 14.5. The van der Waals surface area contributed by atoms with Gasteiger partial charge in [-0.3, -0.25) is 9.59 Å². The molecule has 0 saturated carbocycles. The van der Waals surface area contributed by atoms with Crippen LogP contribution in [-0.2, 0) is 9.59 Å². The molecule has 0 aromatic carbocycles. The third kappa shape index (κ3) is 13.8. The summed E-state index contributed by atoms with van der Waals surface area (Å²) in [6.45, 7) is 3.96. The van der Waals surface area contributed by atoms with Gasteiger partial charge in [-0.25, -0.2) is 0 Å².